The summed E-state index contributed by atoms with van der Waals surface area (Å²) in [6.45, 7) is 4.89. The summed E-state index contributed by atoms with van der Waals surface area (Å²) < 4.78 is 0. The fraction of sp³-hybridized carbons (Fsp3) is 0.588. The van der Waals surface area contributed by atoms with Crippen LogP contribution in [-0.2, 0) is 0 Å². The van der Waals surface area contributed by atoms with Gasteiger partial charge in [-0.15, -0.1) is 0 Å². The topological polar surface area (TPSA) is 20.3 Å². The van der Waals surface area contributed by atoms with Gasteiger partial charge in [0.25, 0.3) is 0 Å². The minimum Gasteiger partial charge on any atom is -0.296 e. The summed E-state index contributed by atoms with van der Waals surface area (Å²) in [6, 6.07) is 8.71. The van der Waals surface area contributed by atoms with Crippen molar-refractivity contribution in [2.45, 2.75) is 51.5 Å². The molecule has 0 saturated heterocycles. The number of likely N-dealkylation sites (N-methyl/N-ethyl adjacent to an activating group) is 1. The molecule has 2 rings (SSSR count). The van der Waals surface area contributed by atoms with Gasteiger partial charge < -0.3 is 0 Å². The van der Waals surface area contributed by atoms with E-state index in [1.807, 2.05) is 12.1 Å². The molecule has 0 atom stereocenters. The molecule has 0 unspecified atom stereocenters. The second kappa shape index (κ2) is 6.33. The molecule has 1 aliphatic carbocycles. The van der Waals surface area contributed by atoms with Gasteiger partial charge in [0, 0.05) is 11.6 Å². The van der Waals surface area contributed by atoms with Crippen LogP contribution in [-0.4, -0.2) is 30.3 Å². The fourth-order valence-electron chi connectivity index (χ4n) is 2.85. The molecule has 1 fully saturated rings. The van der Waals surface area contributed by atoms with E-state index in [1.165, 1.54) is 31.2 Å². The van der Waals surface area contributed by atoms with Crippen LogP contribution < -0.4 is 0 Å². The zero-order chi connectivity index (χ0) is 13.8. The minimum atomic E-state index is 0.240. The average molecular weight is 259 g/mol. The van der Waals surface area contributed by atoms with Crippen molar-refractivity contribution < 1.29 is 4.79 Å². The largest absolute Gasteiger partial charge is 0.296 e. The molecule has 0 aromatic heterocycles. The third-order valence-corrected chi connectivity index (χ3v) is 4.24. The van der Waals surface area contributed by atoms with Gasteiger partial charge in [0.2, 0.25) is 0 Å². The fourth-order valence-corrected chi connectivity index (χ4v) is 2.85. The number of Topliss-reactive ketones (excluding diaryl/α,β-unsaturated/α-hetero) is 1. The monoisotopic (exact) mass is 259 g/mol. The van der Waals surface area contributed by atoms with Crippen LogP contribution in [0, 0.1) is 0 Å². The summed E-state index contributed by atoms with van der Waals surface area (Å²) >= 11 is 0. The Morgan fingerprint density at radius 1 is 1.21 bits per heavy atom. The number of carbonyl (C=O) groups is 1. The molecular formula is C17H25NO. The van der Waals surface area contributed by atoms with Crippen LogP contribution in [0.1, 0.15) is 61.4 Å². The SMILES string of the molecule is CC(C)c1ccc(C(=O)CN(C)C2CCCC2)cc1. The van der Waals surface area contributed by atoms with Crippen molar-refractivity contribution in [1.29, 1.82) is 0 Å². The number of hydrogen-bond donors (Lipinski definition) is 0. The summed E-state index contributed by atoms with van der Waals surface area (Å²) in [6.07, 6.45) is 5.12. The lowest BCUT2D eigenvalue weighted by atomic mass is 10.0. The van der Waals surface area contributed by atoms with Crippen LogP contribution in [0.3, 0.4) is 0 Å². The smallest absolute Gasteiger partial charge is 0.176 e. The number of hydrogen-bond acceptors (Lipinski definition) is 2. The van der Waals surface area contributed by atoms with Crippen LogP contribution in [0.15, 0.2) is 24.3 Å². The van der Waals surface area contributed by atoms with E-state index in [1.54, 1.807) is 0 Å². The summed E-state index contributed by atoms with van der Waals surface area (Å²) in [4.78, 5) is 14.5. The van der Waals surface area contributed by atoms with E-state index >= 15 is 0 Å². The number of rotatable bonds is 5. The van der Waals surface area contributed by atoms with Crippen molar-refractivity contribution in [2.24, 2.45) is 0 Å². The van der Waals surface area contributed by atoms with Gasteiger partial charge in [-0.05, 0) is 31.4 Å². The van der Waals surface area contributed by atoms with Crippen molar-refractivity contribution >= 4 is 5.78 Å². The number of carbonyl (C=O) groups excluding carboxylic acids is 1. The van der Waals surface area contributed by atoms with Crippen LogP contribution in [0.4, 0.5) is 0 Å². The van der Waals surface area contributed by atoms with Crippen molar-refractivity contribution in [3.8, 4) is 0 Å². The molecule has 2 heteroatoms. The van der Waals surface area contributed by atoms with Gasteiger partial charge in [0.05, 0.1) is 6.54 Å². The molecule has 1 aromatic rings. The van der Waals surface area contributed by atoms with Gasteiger partial charge in [-0.1, -0.05) is 51.0 Å². The molecule has 0 radical (unpaired) electrons. The molecule has 0 heterocycles. The normalized spacial score (nSPS) is 16.5. The highest BCUT2D eigenvalue weighted by atomic mass is 16.1. The second-order valence-corrected chi connectivity index (χ2v) is 6.05. The molecule has 2 nitrogen and oxygen atoms in total. The van der Waals surface area contributed by atoms with Crippen molar-refractivity contribution in [2.75, 3.05) is 13.6 Å². The van der Waals surface area contributed by atoms with Gasteiger partial charge >= 0.3 is 0 Å². The molecule has 0 amide bonds. The van der Waals surface area contributed by atoms with Crippen LogP contribution in [0.2, 0.25) is 0 Å². The first-order chi connectivity index (χ1) is 9.08. The lowest BCUT2D eigenvalue weighted by molar-refractivity contribution is 0.0921. The van der Waals surface area contributed by atoms with Gasteiger partial charge in [0.1, 0.15) is 0 Å². The van der Waals surface area contributed by atoms with Gasteiger partial charge in [-0.2, -0.15) is 0 Å². The molecule has 19 heavy (non-hydrogen) atoms. The first kappa shape index (κ1) is 14.3. The third kappa shape index (κ3) is 3.66. The lowest BCUT2D eigenvalue weighted by Gasteiger charge is -2.23. The Kier molecular flexibility index (Phi) is 4.76. The van der Waals surface area contributed by atoms with E-state index in [0.29, 0.717) is 18.5 Å². The standard InChI is InChI=1S/C17H25NO/c1-13(2)14-8-10-15(11-9-14)17(19)12-18(3)16-6-4-5-7-16/h8-11,13,16H,4-7,12H2,1-3H3. The predicted octanol–water partition coefficient (Wildman–Crippen LogP) is 3.87. The number of benzene rings is 1. The van der Waals surface area contributed by atoms with E-state index < -0.39 is 0 Å². The molecule has 1 aromatic carbocycles. The maximum Gasteiger partial charge on any atom is 0.176 e. The molecule has 0 aliphatic heterocycles. The van der Waals surface area contributed by atoms with Crippen LogP contribution in [0.5, 0.6) is 0 Å². The van der Waals surface area contributed by atoms with E-state index in [0.717, 1.165) is 5.56 Å². The molecule has 0 bridgehead atoms. The molecule has 1 saturated carbocycles. The number of nitrogens with zero attached hydrogens (tertiary/aromatic N) is 1. The highest BCUT2D eigenvalue weighted by molar-refractivity contribution is 5.97. The zero-order valence-electron chi connectivity index (χ0n) is 12.4. The second-order valence-electron chi connectivity index (χ2n) is 6.05. The van der Waals surface area contributed by atoms with Gasteiger partial charge in [-0.25, -0.2) is 0 Å². The maximum atomic E-state index is 12.3. The third-order valence-electron chi connectivity index (χ3n) is 4.24. The summed E-state index contributed by atoms with van der Waals surface area (Å²) in [5, 5.41) is 0. The molecule has 104 valence electrons. The minimum absolute atomic E-state index is 0.240. The average Bonchev–Trinajstić information content (AvgIpc) is 2.92. The highest BCUT2D eigenvalue weighted by Gasteiger charge is 2.21. The predicted molar refractivity (Wildman–Crippen MR) is 79.7 cm³/mol. The zero-order valence-corrected chi connectivity index (χ0v) is 12.4. The Labute approximate surface area is 116 Å². The summed E-state index contributed by atoms with van der Waals surface area (Å²) in [7, 11) is 2.08. The Hall–Kier alpha value is -1.15. The van der Waals surface area contributed by atoms with Crippen molar-refractivity contribution in [3.63, 3.8) is 0 Å². The first-order valence-corrected chi connectivity index (χ1v) is 7.41. The highest BCUT2D eigenvalue weighted by Crippen LogP contribution is 2.22. The first-order valence-electron chi connectivity index (χ1n) is 7.41. The van der Waals surface area contributed by atoms with Gasteiger partial charge in [-0.3, -0.25) is 9.69 Å². The quantitative estimate of drug-likeness (QED) is 0.748. The van der Waals surface area contributed by atoms with Crippen molar-refractivity contribution in [3.05, 3.63) is 35.4 Å². The maximum absolute atomic E-state index is 12.3. The number of ketones is 1. The van der Waals surface area contributed by atoms with Crippen LogP contribution >= 0.6 is 0 Å². The van der Waals surface area contributed by atoms with Crippen molar-refractivity contribution in [1.82, 2.24) is 4.90 Å². The summed E-state index contributed by atoms with van der Waals surface area (Å²) in [5.74, 6) is 0.759. The van der Waals surface area contributed by atoms with Crippen LogP contribution in [0.25, 0.3) is 0 Å². The summed E-state index contributed by atoms with van der Waals surface area (Å²) in [5.41, 5.74) is 2.13. The Balaban J connectivity index is 1.95. The van der Waals surface area contributed by atoms with Gasteiger partial charge in [0.15, 0.2) is 5.78 Å². The molecular weight excluding hydrogens is 234 g/mol. The molecule has 0 N–H and O–H groups in total. The Morgan fingerprint density at radius 3 is 2.32 bits per heavy atom. The van der Waals surface area contributed by atoms with E-state index in [-0.39, 0.29) is 5.78 Å². The van der Waals surface area contributed by atoms with E-state index in [4.69, 9.17) is 0 Å². The van der Waals surface area contributed by atoms with E-state index in [9.17, 15) is 4.79 Å². The lowest BCUT2D eigenvalue weighted by Crippen LogP contribution is -2.34. The van der Waals surface area contributed by atoms with E-state index in [2.05, 4.69) is 37.9 Å². The molecule has 0 spiro atoms. The Bertz CT molecular complexity index is 415. The molecule has 1 aliphatic rings. The Morgan fingerprint density at radius 2 is 1.79 bits per heavy atom.